The summed E-state index contributed by atoms with van der Waals surface area (Å²) >= 11 is 0. The topological polar surface area (TPSA) is 69.1 Å². The van der Waals surface area contributed by atoms with Gasteiger partial charge in [0.05, 0.1) is 5.84 Å². The summed E-state index contributed by atoms with van der Waals surface area (Å²) in [6.07, 6.45) is 3.51. The minimum Gasteiger partial charge on any atom is -0.387 e. The van der Waals surface area contributed by atoms with Gasteiger partial charge in [-0.2, -0.15) is 0 Å². The Labute approximate surface area is 84.0 Å². The Morgan fingerprint density at radius 3 is 2.93 bits per heavy atom. The van der Waals surface area contributed by atoms with Gasteiger partial charge in [0.2, 0.25) is 0 Å². The zero-order chi connectivity index (χ0) is 10.6. The highest BCUT2D eigenvalue weighted by Crippen LogP contribution is 2.12. The van der Waals surface area contributed by atoms with E-state index < -0.39 is 0 Å². The van der Waals surface area contributed by atoms with E-state index >= 15 is 0 Å². The molecule has 0 amide bonds. The second-order valence-corrected chi connectivity index (χ2v) is 3.35. The van der Waals surface area contributed by atoms with Crippen LogP contribution < -0.4 is 5.73 Å². The third-order valence-corrected chi connectivity index (χ3v) is 1.99. The van der Waals surface area contributed by atoms with E-state index in [9.17, 15) is 0 Å². The second-order valence-electron chi connectivity index (χ2n) is 3.35. The molecule has 14 heavy (non-hydrogen) atoms. The molecule has 0 fully saturated rings. The van der Waals surface area contributed by atoms with Crippen molar-refractivity contribution in [2.24, 2.45) is 17.8 Å². The van der Waals surface area contributed by atoms with E-state index in [2.05, 4.69) is 22.1 Å². The highest BCUT2D eigenvalue weighted by molar-refractivity contribution is 5.80. The van der Waals surface area contributed by atoms with Gasteiger partial charge >= 0.3 is 0 Å². The molecule has 1 unspecified atom stereocenters. The Morgan fingerprint density at radius 2 is 2.43 bits per heavy atom. The number of aromatic nitrogens is 3. The number of amidine groups is 1. The summed E-state index contributed by atoms with van der Waals surface area (Å²) in [7, 11) is 1.90. The van der Waals surface area contributed by atoms with E-state index in [0.717, 1.165) is 18.7 Å². The zero-order valence-corrected chi connectivity index (χ0v) is 8.94. The number of rotatable bonds is 4. The fourth-order valence-corrected chi connectivity index (χ4v) is 1.30. The van der Waals surface area contributed by atoms with Gasteiger partial charge in [0.15, 0.2) is 5.82 Å². The van der Waals surface area contributed by atoms with Crippen molar-refractivity contribution in [1.82, 2.24) is 14.8 Å². The van der Waals surface area contributed by atoms with Crippen LogP contribution in [0.1, 0.15) is 38.6 Å². The minimum atomic E-state index is -0.0194. The van der Waals surface area contributed by atoms with Crippen LogP contribution in [0.5, 0.6) is 0 Å². The van der Waals surface area contributed by atoms with Crippen LogP contribution in [0.15, 0.2) is 11.3 Å². The first-order valence-electron chi connectivity index (χ1n) is 4.81. The number of hydrogen-bond donors (Lipinski definition) is 1. The second kappa shape index (κ2) is 4.74. The van der Waals surface area contributed by atoms with Crippen LogP contribution in [-0.4, -0.2) is 20.6 Å². The summed E-state index contributed by atoms with van der Waals surface area (Å²) < 4.78 is 1.85. The summed E-state index contributed by atoms with van der Waals surface area (Å²) in [6.45, 7) is 4.04. The maximum absolute atomic E-state index is 5.73. The van der Waals surface area contributed by atoms with Crippen molar-refractivity contribution in [1.29, 1.82) is 0 Å². The molecule has 0 spiro atoms. The first-order valence-corrected chi connectivity index (χ1v) is 4.81. The lowest BCUT2D eigenvalue weighted by atomic mass is 10.3. The molecule has 1 aromatic rings. The molecule has 78 valence electrons. The maximum Gasteiger partial charge on any atom is 0.157 e. The molecule has 0 saturated carbocycles. The van der Waals surface area contributed by atoms with Crippen molar-refractivity contribution in [2.75, 3.05) is 0 Å². The third kappa shape index (κ3) is 2.55. The largest absolute Gasteiger partial charge is 0.387 e. The van der Waals surface area contributed by atoms with Crippen LogP contribution in [-0.2, 0) is 7.05 Å². The van der Waals surface area contributed by atoms with Crippen LogP contribution in [0.4, 0.5) is 0 Å². The summed E-state index contributed by atoms with van der Waals surface area (Å²) in [5, 5.41) is 7.78. The van der Waals surface area contributed by atoms with Gasteiger partial charge in [0.1, 0.15) is 12.4 Å². The van der Waals surface area contributed by atoms with Crippen LogP contribution >= 0.6 is 0 Å². The standard InChI is InChI=1S/C9H17N5/c1-4-5-8(10)12-7(2)9-13-11-6-14(9)3/h6-7H,4-5H2,1-3H3,(H2,10,12). The lowest BCUT2D eigenvalue weighted by molar-refractivity contribution is 0.682. The Morgan fingerprint density at radius 1 is 1.71 bits per heavy atom. The molecule has 5 nitrogen and oxygen atoms in total. The smallest absolute Gasteiger partial charge is 0.157 e. The first-order chi connectivity index (χ1) is 6.65. The maximum atomic E-state index is 5.73. The molecular formula is C9H17N5. The summed E-state index contributed by atoms with van der Waals surface area (Å²) in [5.74, 6) is 1.52. The lowest BCUT2D eigenvalue weighted by Crippen LogP contribution is -2.13. The predicted octanol–water partition coefficient (Wildman–Crippen LogP) is 1.03. The molecule has 1 atom stereocenters. The first kappa shape index (κ1) is 10.7. The van der Waals surface area contributed by atoms with Gasteiger partial charge in [-0.15, -0.1) is 10.2 Å². The minimum absolute atomic E-state index is 0.0194. The molecule has 2 N–H and O–H groups in total. The van der Waals surface area contributed by atoms with Crippen molar-refractivity contribution in [2.45, 2.75) is 32.7 Å². The molecule has 1 heterocycles. The molecule has 0 bridgehead atoms. The molecule has 0 saturated heterocycles. The highest BCUT2D eigenvalue weighted by atomic mass is 15.3. The Balaban J connectivity index is 2.71. The van der Waals surface area contributed by atoms with Gasteiger partial charge < -0.3 is 10.3 Å². The molecular weight excluding hydrogens is 178 g/mol. The van der Waals surface area contributed by atoms with Crippen molar-refractivity contribution in [3.05, 3.63) is 12.2 Å². The van der Waals surface area contributed by atoms with Crippen LogP contribution in [0, 0.1) is 0 Å². The molecule has 5 heteroatoms. The van der Waals surface area contributed by atoms with E-state index in [0.29, 0.717) is 5.84 Å². The zero-order valence-electron chi connectivity index (χ0n) is 8.94. The van der Waals surface area contributed by atoms with Crippen molar-refractivity contribution >= 4 is 5.84 Å². The summed E-state index contributed by atoms with van der Waals surface area (Å²) in [5.41, 5.74) is 5.73. The van der Waals surface area contributed by atoms with Gasteiger partial charge in [-0.25, -0.2) is 0 Å². The average molecular weight is 195 g/mol. The van der Waals surface area contributed by atoms with E-state index in [1.165, 1.54) is 0 Å². The number of hydrogen-bond acceptors (Lipinski definition) is 3. The molecule has 0 aliphatic heterocycles. The SMILES string of the molecule is CCCC(N)=NC(C)c1nncn1C. The number of nitrogens with zero attached hydrogens (tertiary/aromatic N) is 4. The van der Waals surface area contributed by atoms with Crippen LogP contribution in [0.25, 0.3) is 0 Å². The summed E-state index contributed by atoms with van der Waals surface area (Å²) in [6, 6.07) is -0.0194. The normalized spacial score (nSPS) is 14.4. The monoisotopic (exact) mass is 195 g/mol. The molecule has 1 rings (SSSR count). The fourth-order valence-electron chi connectivity index (χ4n) is 1.30. The van der Waals surface area contributed by atoms with Crippen molar-refractivity contribution in [3.8, 4) is 0 Å². The van der Waals surface area contributed by atoms with Crippen LogP contribution in [0.2, 0.25) is 0 Å². The quantitative estimate of drug-likeness (QED) is 0.576. The van der Waals surface area contributed by atoms with E-state index in [4.69, 9.17) is 5.73 Å². The molecule has 0 aromatic carbocycles. The van der Waals surface area contributed by atoms with Crippen molar-refractivity contribution in [3.63, 3.8) is 0 Å². The van der Waals surface area contributed by atoms with E-state index in [1.807, 2.05) is 18.5 Å². The fraction of sp³-hybridized carbons (Fsp3) is 0.667. The molecule has 0 aliphatic carbocycles. The van der Waals surface area contributed by atoms with Gasteiger partial charge in [0.25, 0.3) is 0 Å². The number of aliphatic imine (C=N–C) groups is 1. The van der Waals surface area contributed by atoms with Crippen LogP contribution in [0.3, 0.4) is 0 Å². The third-order valence-electron chi connectivity index (χ3n) is 1.99. The highest BCUT2D eigenvalue weighted by Gasteiger charge is 2.09. The van der Waals surface area contributed by atoms with Gasteiger partial charge in [-0.1, -0.05) is 6.92 Å². The average Bonchev–Trinajstić information content (AvgIpc) is 2.51. The lowest BCUT2D eigenvalue weighted by Gasteiger charge is -2.06. The predicted molar refractivity (Wildman–Crippen MR) is 55.9 cm³/mol. The van der Waals surface area contributed by atoms with E-state index in [1.54, 1.807) is 6.33 Å². The Bertz CT molecular complexity index is 315. The number of aryl methyl sites for hydroxylation is 1. The van der Waals surface area contributed by atoms with Gasteiger partial charge in [-0.05, 0) is 13.3 Å². The Kier molecular flexibility index (Phi) is 3.62. The summed E-state index contributed by atoms with van der Waals surface area (Å²) in [4.78, 5) is 4.34. The Hall–Kier alpha value is -1.39. The molecule has 0 radical (unpaired) electrons. The van der Waals surface area contributed by atoms with Gasteiger partial charge in [-0.3, -0.25) is 4.99 Å². The number of nitrogens with two attached hydrogens (primary N) is 1. The van der Waals surface area contributed by atoms with Crippen molar-refractivity contribution < 1.29 is 0 Å². The van der Waals surface area contributed by atoms with Gasteiger partial charge in [0, 0.05) is 13.5 Å². The van der Waals surface area contributed by atoms with E-state index in [-0.39, 0.29) is 6.04 Å². The molecule has 1 aromatic heterocycles. The molecule has 0 aliphatic rings.